The summed E-state index contributed by atoms with van der Waals surface area (Å²) >= 11 is 5.85. The summed E-state index contributed by atoms with van der Waals surface area (Å²) in [5, 5.41) is 3.32. The van der Waals surface area contributed by atoms with Crippen molar-refractivity contribution in [1.29, 1.82) is 0 Å². The molecule has 1 amide bonds. The zero-order chi connectivity index (χ0) is 15.5. The summed E-state index contributed by atoms with van der Waals surface area (Å²) in [5.74, 6) is -0.655. The normalized spacial score (nSPS) is 17.8. The Morgan fingerprint density at radius 2 is 2.23 bits per heavy atom. The maximum atomic E-state index is 12.4. The zero-order valence-electron chi connectivity index (χ0n) is 11.5. The van der Waals surface area contributed by atoms with Crippen molar-refractivity contribution in [2.24, 2.45) is 5.73 Å². The van der Waals surface area contributed by atoms with Crippen LogP contribution in [0.1, 0.15) is 6.42 Å². The average Bonchev–Trinajstić information content (AvgIpc) is 2.89. The highest BCUT2D eigenvalue weighted by atomic mass is 35.5. The number of nitrogens with one attached hydrogen (secondary N) is 2. The number of primary amides is 1. The Balaban J connectivity index is 0.00000242. The van der Waals surface area contributed by atoms with Gasteiger partial charge < -0.3 is 15.8 Å². The summed E-state index contributed by atoms with van der Waals surface area (Å²) in [6.45, 7) is 0.917. The van der Waals surface area contributed by atoms with Crippen LogP contribution in [0.3, 0.4) is 0 Å². The Morgan fingerprint density at radius 3 is 2.82 bits per heavy atom. The number of carbonyl (C=O) groups is 1. The van der Waals surface area contributed by atoms with Gasteiger partial charge in [-0.05, 0) is 31.2 Å². The molecule has 1 aliphatic heterocycles. The van der Waals surface area contributed by atoms with Crippen molar-refractivity contribution in [3.05, 3.63) is 23.2 Å². The first-order valence-corrected chi connectivity index (χ1v) is 8.18. The van der Waals surface area contributed by atoms with Gasteiger partial charge in [-0.3, -0.25) is 4.79 Å². The first-order chi connectivity index (χ1) is 9.88. The Labute approximate surface area is 140 Å². The molecule has 7 nitrogen and oxygen atoms in total. The minimum atomic E-state index is -3.80. The second-order valence-electron chi connectivity index (χ2n) is 4.66. The van der Waals surface area contributed by atoms with Crippen LogP contribution < -0.4 is 20.5 Å². The summed E-state index contributed by atoms with van der Waals surface area (Å²) in [6, 6.07) is 3.97. The molecule has 0 aliphatic carbocycles. The number of ether oxygens (including phenoxy) is 1. The number of rotatable bonds is 6. The molecular formula is C12H17Cl2N3O4S. The number of carbonyl (C=O) groups excluding carboxylic acids is 1. The molecule has 0 bridgehead atoms. The van der Waals surface area contributed by atoms with Gasteiger partial charge in [0, 0.05) is 17.6 Å². The lowest BCUT2D eigenvalue weighted by atomic mass is 10.3. The molecule has 1 saturated heterocycles. The van der Waals surface area contributed by atoms with Gasteiger partial charge in [-0.15, -0.1) is 12.4 Å². The summed E-state index contributed by atoms with van der Waals surface area (Å²) in [5.41, 5.74) is 5.00. The maximum absolute atomic E-state index is 12.4. The van der Waals surface area contributed by atoms with E-state index in [1.807, 2.05) is 0 Å². The van der Waals surface area contributed by atoms with Gasteiger partial charge in [0.2, 0.25) is 10.0 Å². The highest BCUT2D eigenvalue weighted by molar-refractivity contribution is 7.89. The summed E-state index contributed by atoms with van der Waals surface area (Å²) in [4.78, 5) is 10.7. The Bertz CT molecular complexity index is 633. The van der Waals surface area contributed by atoms with E-state index in [1.165, 1.54) is 18.2 Å². The zero-order valence-corrected chi connectivity index (χ0v) is 13.9. The molecule has 1 aromatic rings. The molecule has 1 heterocycles. The summed E-state index contributed by atoms with van der Waals surface area (Å²) in [6.07, 6.45) is 0.706. The predicted octanol–water partition coefficient (Wildman–Crippen LogP) is 0.266. The van der Waals surface area contributed by atoms with Gasteiger partial charge in [0.25, 0.3) is 5.91 Å². The molecule has 124 valence electrons. The van der Waals surface area contributed by atoms with Gasteiger partial charge in [0.15, 0.2) is 6.61 Å². The molecule has 1 unspecified atom stereocenters. The third-order valence-corrected chi connectivity index (χ3v) is 4.72. The van der Waals surface area contributed by atoms with Crippen molar-refractivity contribution < 1.29 is 17.9 Å². The molecule has 0 radical (unpaired) electrons. The van der Waals surface area contributed by atoms with Crippen LogP contribution >= 0.6 is 24.0 Å². The molecule has 0 saturated carbocycles. The minimum Gasteiger partial charge on any atom is -0.482 e. The lowest BCUT2D eigenvalue weighted by Crippen LogP contribution is -2.36. The number of hydrogen-bond donors (Lipinski definition) is 3. The SMILES string of the molecule is Cl.NC(=O)COc1ccc(Cl)cc1S(=O)(=O)NC1CCNC1. The number of amides is 1. The molecule has 10 heteroatoms. The van der Waals surface area contributed by atoms with E-state index in [2.05, 4.69) is 10.0 Å². The number of sulfonamides is 1. The second kappa shape index (κ2) is 7.98. The van der Waals surface area contributed by atoms with Crippen molar-refractivity contribution >= 4 is 39.9 Å². The van der Waals surface area contributed by atoms with Gasteiger partial charge in [0.1, 0.15) is 10.6 Å². The molecule has 1 atom stereocenters. The first kappa shape index (κ1) is 19.0. The third-order valence-electron chi connectivity index (χ3n) is 2.95. The minimum absolute atomic E-state index is 0. The van der Waals surface area contributed by atoms with Crippen molar-refractivity contribution in [1.82, 2.24) is 10.0 Å². The third kappa shape index (κ3) is 4.99. The summed E-state index contributed by atoms with van der Waals surface area (Å²) < 4.78 is 32.5. The quantitative estimate of drug-likeness (QED) is 0.666. The van der Waals surface area contributed by atoms with E-state index in [1.54, 1.807) is 0 Å². The number of nitrogens with two attached hydrogens (primary N) is 1. The predicted molar refractivity (Wildman–Crippen MR) is 85.0 cm³/mol. The fraction of sp³-hybridized carbons (Fsp3) is 0.417. The molecule has 0 aromatic heterocycles. The molecular weight excluding hydrogens is 353 g/mol. The van der Waals surface area contributed by atoms with E-state index in [9.17, 15) is 13.2 Å². The maximum Gasteiger partial charge on any atom is 0.255 e. The van der Waals surface area contributed by atoms with Crippen LogP contribution in [0.25, 0.3) is 0 Å². The van der Waals surface area contributed by atoms with Crippen molar-refractivity contribution in [3.8, 4) is 5.75 Å². The Kier molecular flexibility index (Phi) is 6.89. The molecule has 2 rings (SSSR count). The highest BCUT2D eigenvalue weighted by Gasteiger charge is 2.26. The van der Waals surface area contributed by atoms with Gasteiger partial charge in [-0.25, -0.2) is 13.1 Å². The topological polar surface area (TPSA) is 111 Å². The van der Waals surface area contributed by atoms with Gasteiger partial charge in [0.05, 0.1) is 0 Å². The lowest BCUT2D eigenvalue weighted by Gasteiger charge is -2.15. The van der Waals surface area contributed by atoms with Crippen LogP contribution in [-0.2, 0) is 14.8 Å². The molecule has 1 aromatic carbocycles. The number of hydrogen-bond acceptors (Lipinski definition) is 5. The average molecular weight is 370 g/mol. The van der Waals surface area contributed by atoms with Crippen LogP contribution in [0.4, 0.5) is 0 Å². The molecule has 22 heavy (non-hydrogen) atoms. The van der Waals surface area contributed by atoms with Crippen molar-refractivity contribution in [2.75, 3.05) is 19.7 Å². The van der Waals surface area contributed by atoms with E-state index in [4.69, 9.17) is 22.1 Å². The van der Waals surface area contributed by atoms with Crippen LogP contribution in [0.5, 0.6) is 5.75 Å². The Morgan fingerprint density at radius 1 is 1.50 bits per heavy atom. The van der Waals surface area contributed by atoms with Gasteiger partial charge in [-0.2, -0.15) is 0 Å². The van der Waals surface area contributed by atoms with Crippen LogP contribution in [0.2, 0.25) is 5.02 Å². The van der Waals surface area contributed by atoms with Crippen molar-refractivity contribution in [3.63, 3.8) is 0 Å². The lowest BCUT2D eigenvalue weighted by molar-refractivity contribution is -0.120. The van der Waals surface area contributed by atoms with Gasteiger partial charge in [-0.1, -0.05) is 11.6 Å². The van der Waals surface area contributed by atoms with Crippen molar-refractivity contribution in [2.45, 2.75) is 17.4 Å². The smallest absolute Gasteiger partial charge is 0.255 e. The van der Waals surface area contributed by atoms with E-state index in [0.717, 1.165) is 6.54 Å². The number of benzene rings is 1. The van der Waals surface area contributed by atoms with E-state index < -0.39 is 22.5 Å². The molecule has 1 fully saturated rings. The van der Waals surface area contributed by atoms with Crippen LogP contribution in [0, 0.1) is 0 Å². The fourth-order valence-electron chi connectivity index (χ4n) is 2.00. The Hall–Kier alpha value is -1.06. The van der Waals surface area contributed by atoms with Gasteiger partial charge >= 0.3 is 0 Å². The summed E-state index contributed by atoms with van der Waals surface area (Å²) in [7, 11) is -3.80. The number of halogens is 2. The second-order valence-corrected chi connectivity index (χ2v) is 6.78. The first-order valence-electron chi connectivity index (χ1n) is 6.32. The standard InChI is InChI=1S/C12H16ClN3O4S.ClH/c13-8-1-2-10(20-7-12(14)17)11(5-8)21(18,19)16-9-3-4-15-6-9;/h1-2,5,9,15-16H,3-4,6-7H2,(H2,14,17);1H. The largest absolute Gasteiger partial charge is 0.482 e. The van der Waals surface area contributed by atoms with Crippen LogP contribution in [0.15, 0.2) is 23.1 Å². The molecule has 4 N–H and O–H groups in total. The monoisotopic (exact) mass is 369 g/mol. The molecule has 1 aliphatic rings. The highest BCUT2D eigenvalue weighted by Crippen LogP contribution is 2.27. The van der Waals surface area contributed by atoms with E-state index >= 15 is 0 Å². The van der Waals surface area contributed by atoms with E-state index in [-0.39, 0.29) is 34.1 Å². The van der Waals surface area contributed by atoms with Crippen LogP contribution in [-0.4, -0.2) is 40.1 Å². The van der Waals surface area contributed by atoms with E-state index in [0.29, 0.717) is 13.0 Å². The molecule has 0 spiro atoms. The fourth-order valence-corrected chi connectivity index (χ4v) is 3.68.